The predicted octanol–water partition coefficient (Wildman–Crippen LogP) is 2.54. The van der Waals surface area contributed by atoms with Gasteiger partial charge in [0.1, 0.15) is 0 Å². The van der Waals surface area contributed by atoms with Crippen molar-refractivity contribution in [1.29, 1.82) is 0 Å². The van der Waals surface area contributed by atoms with Crippen molar-refractivity contribution in [3.05, 3.63) is 70.8 Å². The molecule has 0 aliphatic heterocycles. The highest BCUT2D eigenvalue weighted by Crippen LogP contribution is 2.18. The average Bonchev–Trinajstić information content (AvgIpc) is 2.76. The summed E-state index contributed by atoms with van der Waals surface area (Å²) in [5, 5.41) is 3.07. The number of aromatic nitrogens is 3. The van der Waals surface area contributed by atoms with E-state index in [2.05, 4.69) is 10.1 Å². The van der Waals surface area contributed by atoms with Crippen LogP contribution in [0.4, 0.5) is 0 Å². The molecule has 0 fully saturated rings. The van der Waals surface area contributed by atoms with Gasteiger partial charge in [0.25, 0.3) is 5.56 Å². The fraction of sp³-hybridized carbons (Fsp3) is 0.0667. The van der Waals surface area contributed by atoms with Gasteiger partial charge in [-0.3, -0.25) is 9.89 Å². The first kappa shape index (κ1) is 11.5. The number of pyridine rings is 1. The molecule has 0 amide bonds. The second-order valence-electron chi connectivity index (χ2n) is 4.31. The maximum Gasteiger partial charge on any atom is 0.280 e. The molecule has 0 unspecified atom stereocenters. The maximum atomic E-state index is 12.5. The van der Waals surface area contributed by atoms with Crippen LogP contribution in [0.3, 0.4) is 0 Å². The van der Waals surface area contributed by atoms with E-state index in [1.54, 1.807) is 12.3 Å². The Morgan fingerprint density at radius 2 is 1.79 bits per heavy atom. The molecule has 3 aromatic rings. The lowest BCUT2D eigenvalue weighted by Crippen LogP contribution is -2.16. The Bertz CT molecular complexity index is 742. The molecule has 0 bridgehead atoms. The van der Waals surface area contributed by atoms with Crippen LogP contribution in [0.5, 0.6) is 0 Å². The summed E-state index contributed by atoms with van der Waals surface area (Å²) in [6, 6.07) is 15.1. The van der Waals surface area contributed by atoms with Crippen molar-refractivity contribution in [1.82, 2.24) is 14.8 Å². The number of H-pyrrole nitrogens is 1. The van der Waals surface area contributed by atoms with E-state index in [9.17, 15) is 4.79 Å². The van der Waals surface area contributed by atoms with Crippen molar-refractivity contribution in [3.63, 3.8) is 0 Å². The van der Waals surface area contributed by atoms with Gasteiger partial charge in [-0.2, -0.15) is 0 Å². The minimum Gasteiger partial charge on any atom is -0.293 e. The van der Waals surface area contributed by atoms with E-state index in [1.165, 1.54) is 4.68 Å². The van der Waals surface area contributed by atoms with E-state index >= 15 is 0 Å². The van der Waals surface area contributed by atoms with Gasteiger partial charge >= 0.3 is 0 Å². The normalized spacial score (nSPS) is 10.6. The largest absolute Gasteiger partial charge is 0.293 e. The minimum absolute atomic E-state index is 0.0811. The molecule has 19 heavy (non-hydrogen) atoms. The average molecular weight is 251 g/mol. The fourth-order valence-corrected chi connectivity index (χ4v) is 2.14. The van der Waals surface area contributed by atoms with E-state index in [4.69, 9.17) is 0 Å². The third-order valence-electron chi connectivity index (χ3n) is 3.01. The summed E-state index contributed by atoms with van der Waals surface area (Å²) in [7, 11) is 0. The van der Waals surface area contributed by atoms with Crippen LogP contribution < -0.4 is 5.56 Å². The summed E-state index contributed by atoms with van der Waals surface area (Å²) in [6.07, 6.45) is 1.67. The monoisotopic (exact) mass is 251 g/mol. The van der Waals surface area contributed by atoms with Crippen LogP contribution in [0.25, 0.3) is 16.9 Å². The lowest BCUT2D eigenvalue weighted by molar-refractivity contribution is 0.807. The highest BCUT2D eigenvalue weighted by atomic mass is 16.1. The number of hydrogen-bond donors (Lipinski definition) is 1. The minimum atomic E-state index is -0.0811. The first-order valence-corrected chi connectivity index (χ1v) is 6.06. The molecule has 0 aliphatic carbocycles. The molecule has 0 atom stereocenters. The Labute approximate surface area is 110 Å². The molecule has 0 saturated heterocycles. The predicted molar refractivity (Wildman–Crippen MR) is 74.4 cm³/mol. The molecule has 2 heterocycles. The highest BCUT2D eigenvalue weighted by molar-refractivity contribution is 5.65. The van der Waals surface area contributed by atoms with Crippen LogP contribution in [0.2, 0.25) is 0 Å². The quantitative estimate of drug-likeness (QED) is 0.761. The van der Waals surface area contributed by atoms with Gasteiger partial charge in [0.2, 0.25) is 0 Å². The zero-order chi connectivity index (χ0) is 13.2. The number of aromatic amines is 1. The first-order chi connectivity index (χ1) is 9.27. The second-order valence-corrected chi connectivity index (χ2v) is 4.31. The number of benzene rings is 1. The van der Waals surface area contributed by atoms with Gasteiger partial charge in [-0.05, 0) is 24.6 Å². The Morgan fingerprint density at radius 1 is 1.05 bits per heavy atom. The zero-order valence-electron chi connectivity index (χ0n) is 10.5. The number of nitrogens with one attached hydrogen (secondary N) is 1. The lowest BCUT2D eigenvalue weighted by atomic mass is 10.1. The fourth-order valence-electron chi connectivity index (χ4n) is 2.14. The second kappa shape index (κ2) is 4.57. The maximum absolute atomic E-state index is 12.5. The molecule has 1 aromatic carbocycles. The van der Waals surface area contributed by atoms with Gasteiger partial charge < -0.3 is 0 Å². The number of aryl methyl sites for hydroxylation is 1. The van der Waals surface area contributed by atoms with E-state index in [0.717, 1.165) is 11.3 Å². The van der Waals surface area contributed by atoms with Gasteiger partial charge in [0.05, 0.1) is 5.56 Å². The molecule has 0 saturated carbocycles. The zero-order valence-corrected chi connectivity index (χ0v) is 10.5. The summed E-state index contributed by atoms with van der Waals surface area (Å²) >= 11 is 0. The molecular formula is C15H13N3O. The van der Waals surface area contributed by atoms with Gasteiger partial charge in [0.15, 0.2) is 5.82 Å². The van der Waals surface area contributed by atoms with Crippen LogP contribution >= 0.6 is 0 Å². The molecule has 0 radical (unpaired) electrons. The third-order valence-corrected chi connectivity index (χ3v) is 3.01. The highest BCUT2D eigenvalue weighted by Gasteiger charge is 2.14. The van der Waals surface area contributed by atoms with Crippen LogP contribution in [0, 0.1) is 6.92 Å². The standard InChI is InChI=1S/C15H13N3O/c1-11-14(12-7-3-2-4-8-12)15(19)18(17-11)13-9-5-6-10-16-13/h2-10,17H,1H3. The van der Waals surface area contributed by atoms with Gasteiger partial charge in [-0.1, -0.05) is 36.4 Å². The lowest BCUT2D eigenvalue weighted by Gasteiger charge is -1.98. The molecular weight excluding hydrogens is 238 g/mol. The molecule has 2 aromatic heterocycles. The number of rotatable bonds is 2. The van der Waals surface area contributed by atoms with E-state index in [-0.39, 0.29) is 5.56 Å². The Kier molecular flexibility index (Phi) is 2.76. The Morgan fingerprint density at radius 3 is 2.47 bits per heavy atom. The Balaban J connectivity index is 2.20. The van der Waals surface area contributed by atoms with E-state index in [1.807, 2.05) is 49.4 Å². The molecule has 0 aliphatic rings. The van der Waals surface area contributed by atoms with Crippen LogP contribution in [0.1, 0.15) is 5.69 Å². The van der Waals surface area contributed by atoms with Gasteiger partial charge in [-0.15, -0.1) is 0 Å². The summed E-state index contributed by atoms with van der Waals surface area (Å²) < 4.78 is 1.47. The van der Waals surface area contributed by atoms with Crippen LogP contribution in [-0.4, -0.2) is 14.8 Å². The summed E-state index contributed by atoms with van der Waals surface area (Å²) in [6.45, 7) is 1.89. The van der Waals surface area contributed by atoms with E-state index < -0.39 is 0 Å². The van der Waals surface area contributed by atoms with Crippen molar-refractivity contribution < 1.29 is 0 Å². The molecule has 0 spiro atoms. The summed E-state index contributed by atoms with van der Waals surface area (Å²) in [5.74, 6) is 0.595. The van der Waals surface area contributed by atoms with Crippen molar-refractivity contribution in [3.8, 4) is 16.9 Å². The van der Waals surface area contributed by atoms with Crippen molar-refractivity contribution in [2.75, 3.05) is 0 Å². The summed E-state index contributed by atoms with van der Waals surface area (Å²) in [4.78, 5) is 16.7. The Hall–Kier alpha value is -2.62. The van der Waals surface area contributed by atoms with Crippen molar-refractivity contribution >= 4 is 0 Å². The topological polar surface area (TPSA) is 50.7 Å². The SMILES string of the molecule is Cc1[nH]n(-c2ccccn2)c(=O)c1-c1ccccc1. The van der Waals surface area contributed by atoms with Gasteiger partial charge in [0, 0.05) is 11.9 Å². The van der Waals surface area contributed by atoms with Crippen LogP contribution in [0.15, 0.2) is 59.5 Å². The number of nitrogens with zero attached hydrogens (tertiary/aromatic N) is 2. The van der Waals surface area contributed by atoms with Crippen molar-refractivity contribution in [2.24, 2.45) is 0 Å². The smallest absolute Gasteiger partial charge is 0.280 e. The van der Waals surface area contributed by atoms with Gasteiger partial charge in [-0.25, -0.2) is 9.67 Å². The number of hydrogen-bond acceptors (Lipinski definition) is 2. The molecule has 4 heteroatoms. The molecule has 1 N–H and O–H groups in total. The summed E-state index contributed by atoms with van der Waals surface area (Å²) in [5.41, 5.74) is 2.35. The van der Waals surface area contributed by atoms with E-state index in [0.29, 0.717) is 11.4 Å². The first-order valence-electron chi connectivity index (χ1n) is 6.06. The third kappa shape index (κ3) is 1.97. The molecule has 3 rings (SSSR count). The molecule has 94 valence electrons. The van der Waals surface area contributed by atoms with Crippen LogP contribution in [-0.2, 0) is 0 Å². The molecule has 4 nitrogen and oxygen atoms in total. The van der Waals surface area contributed by atoms with Crippen molar-refractivity contribution in [2.45, 2.75) is 6.92 Å².